The standard InChI is InChI=1S/C15H13ClN2O4/c16-11-5-1-2-7-13(11)22-9-14(20)18-17-8-10-4-3-6-12(19)15(10)21/h1-8,19,21H,9H2,(H,18,20)/b17-8+. The monoisotopic (exact) mass is 320 g/mol. The van der Waals surface area contributed by atoms with E-state index in [-0.39, 0.29) is 23.7 Å². The van der Waals surface area contributed by atoms with Crippen LogP contribution in [0.15, 0.2) is 47.6 Å². The molecule has 0 fully saturated rings. The van der Waals surface area contributed by atoms with Gasteiger partial charge in [0.1, 0.15) is 5.75 Å². The van der Waals surface area contributed by atoms with Gasteiger partial charge in [-0.05, 0) is 24.3 Å². The van der Waals surface area contributed by atoms with E-state index in [0.29, 0.717) is 10.8 Å². The second-order valence-electron chi connectivity index (χ2n) is 4.23. The predicted octanol–water partition coefficient (Wildman–Crippen LogP) is 2.28. The van der Waals surface area contributed by atoms with Crippen molar-refractivity contribution in [1.82, 2.24) is 5.43 Å². The molecule has 0 saturated heterocycles. The number of amides is 1. The number of rotatable bonds is 5. The van der Waals surface area contributed by atoms with Crippen LogP contribution in [0.1, 0.15) is 5.56 Å². The Morgan fingerprint density at radius 2 is 2.00 bits per heavy atom. The number of benzene rings is 2. The molecule has 3 N–H and O–H groups in total. The normalized spacial score (nSPS) is 10.6. The largest absolute Gasteiger partial charge is 0.504 e. The molecule has 0 unspecified atom stereocenters. The number of nitrogens with zero attached hydrogens (tertiary/aromatic N) is 1. The van der Waals surface area contributed by atoms with Crippen molar-refractivity contribution >= 4 is 23.7 Å². The molecule has 0 aliphatic carbocycles. The van der Waals surface area contributed by atoms with Crippen LogP contribution < -0.4 is 10.2 Å². The van der Waals surface area contributed by atoms with Gasteiger partial charge in [0, 0.05) is 5.56 Å². The van der Waals surface area contributed by atoms with Gasteiger partial charge in [-0.15, -0.1) is 0 Å². The summed E-state index contributed by atoms with van der Waals surface area (Å²) in [6.07, 6.45) is 1.21. The zero-order chi connectivity index (χ0) is 15.9. The van der Waals surface area contributed by atoms with Crippen LogP contribution in [0.25, 0.3) is 0 Å². The first-order valence-electron chi connectivity index (χ1n) is 6.28. The van der Waals surface area contributed by atoms with Crippen LogP contribution >= 0.6 is 11.6 Å². The van der Waals surface area contributed by atoms with Gasteiger partial charge in [-0.25, -0.2) is 5.43 Å². The highest BCUT2D eigenvalue weighted by molar-refractivity contribution is 6.32. The molecule has 0 saturated carbocycles. The van der Waals surface area contributed by atoms with E-state index in [1.165, 1.54) is 18.3 Å². The summed E-state index contributed by atoms with van der Waals surface area (Å²) in [7, 11) is 0. The lowest BCUT2D eigenvalue weighted by molar-refractivity contribution is -0.123. The molecule has 22 heavy (non-hydrogen) atoms. The summed E-state index contributed by atoms with van der Waals surface area (Å²) in [5.41, 5.74) is 2.51. The Kier molecular flexibility index (Phi) is 5.21. The molecule has 0 aromatic heterocycles. The molecule has 2 aromatic rings. The van der Waals surface area contributed by atoms with Crippen molar-refractivity contribution in [1.29, 1.82) is 0 Å². The summed E-state index contributed by atoms with van der Waals surface area (Å²) < 4.78 is 5.24. The Hall–Kier alpha value is -2.73. The molecule has 1 amide bonds. The van der Waals surface area contributed by atoms with Gasteiger partial charge in [-0.3, -0.25) is 4.79 Å². The zero-order valence-electron chi connectivity index (χ0n) is 11.4. The van der Waals surface area contributed by atoms with E-state index in [1.807, 2.05) is 0 Å². The number of hydrogen-bond acceptors (Lipinski definition) is 5. The van der Waals surface area contributed by atoms with E-state index in [4.69, 9.17) is 16.3 Å². The van der Waals surface area contributed by atoms with Gasteiger partial charge in [0.25, 0.3) is 5.91 Å². The number of ether oxygens (including phenoxy) is 1. The number of phenols is 2. The molecule has 0 radical (unpaired) electrons. The molecule has 2 rings (SSSR count). The van der Waals surface area contributed by atoms with Gasteiger partial charge in [-0.2, -0.15) is 5.10 Å². The Morgan fingerprint density at radius 3 is 2.77 bits per heavy atom. The van der Waals surface area contributed by atoms with Crippen LogP contribution in [-0.4, -0.2) is 28.9 Å². The molecule has 7 heteroatoms. The lowest BCUT2D eigenvalue weighted by atomic mass is 10.2. The van der Waals surface area contributed by atoms with Gasteiger partial charge in [0.15, 0.2) is 18.1 Å². The number of hydrazone groups is 1. The smallest absolute Gasteiger partial charge is 0.277 e. The fraction of sp³-hybridized carbons (Fsp3) is 0.0667. The van der Waals surface area contributed by atoms with Crippen molar-refractivity contribution in [3.63, 3.8) is 0 Å². The lowest BCUT2D eigenvalue weighted by Gasteiger charge is -2.06. The van der Waals surface area contributed by atoms with Crippen LogP contribution in [0.2, 0.25) is 5.02 Å². The molecule has 114 valence electrons. The van der Waals surface area contributed by atoms with Gasteiger partial charge in [0.05, 0.1) is 11.2 Å². The summed E-state index contributed by atoms with van der Waals surface area (Å²) in [6, 6.07) is 11.2. The first kappa shape index (κ1) is 15.7. The molecular weight excluding hydrogens is 308 g/mol. The fourth-order valence-electron chi connectivity index (χ4n) is 1.56. The van der Waals surface area contributed by atoms with Gasteiger partial charge in [-0.1, -0.05) is 29.8 Å². The minimum Gasteiger partial charge on any atom is -0.504 e. The van der Waals surface area contributed by atoms with Gasteiger partial charge in [0.2, 0.25) is 0 Å². The Balaban J connectivity index is 1.86. The molecule has 0 atom stereocenters. The lowest BCUT2D eigenvalue weighted by Crippen LogP contribution is -2.24. The van der Waals surface area contributed by atoms with Crippen LogP contribution in [0.3, 0.4) is 0 Å². The average Bonchev–Trinajstić information content (AvgIpc) is 2.51. The van der Waals surface area contributed by atoms with Crippen molar-refractivity contribution in [2.75, 3.05) is 6.61 Å². The van der Waals surface area contributed by atoms with E-state index in [9.17, 15) is 15.0 Å². The number of aromatic hydroxyl groups is 2. The summed E-state index contributed by atoms with van der Waals surface area (Å²) in [5.74, 6) is -0.671. The Labute approximate surface area is 131 Å². The van der Waals surface area contributed by atoms with E-state index < -0.39 is 5.91 Å². The maximum atomic E-state index is 11.6. The molecule has 6 nitrogen and oxygen atoms in total. The molecule has 0 bridgehead atoms. The summed E-state index contributed by atoms with van der Waals surface area (Å²) in [4.78, 5) is 11.6. The Morgan fingerprint density at radius 1 is 1.23 bits per heavy atom. The molecule has 0 heterocycles. The van der Waals surface area contributed by atoms with Crippen LogP contribution in [0.4, 0.5) is 0 Å². The summed E-state index contributed by atoms with van der Waals surface area (Å²) in [5, 5.41) is 22.9. The number of nitrogens with one attached hydrogen (secondary N) is 1. The third-order valence-electron chi connectivity index (χ3n) is 2.63. The van der Waals surface area contributed by atoms with E-state index in [1.54, 1.807) is 30.3 Å². The summed E-state index contributed by atoms with van der Waals surface area (Å²) >= 11 is 5.89. The molecule has 2 aromatic carbocycles. The number of hydrogen-bond donors (Lipinski definition) is 3. The predicted molar refractivity (Wildman–Crippen MR) is 82.5 cm³/mol. The zero-order valence-corrected chi connectivity index (χ0v) is 12.1. The number of phenolic OH excluding ortho intramolecular Hbond substituents is 2. The first-order chi connectivity index (χ1) is 10.6. The number of para-hydroxylation sites is 2. The van der Waals surface area contributed by atoms with Crippen LogP contribution in [0, 0.1) is 0 Å². The van der Waals surface area contributed by atoms with Crippen molar-refractivity contribution in [3.8, 4) is 17.2 Å². The molecular formula is C15H13ClN2O4. The topological polar surface area (TPSA) is 91.2 Å². The second kappa shape index (κ2) is 7.33. The highest BCUT2D eigenvalue weighted by Gasteiger charge is 2.05. The maximum Gasteiger partial charge on any atom is 0.277 e. The van der Waals surface area contributed by atoms with Crippen molar-refractivity contribution in [3.05, 3.63) is 53.1 Å². The quantitative estimate of drug-likeness (QED) is 0.448. The molecule has 0 spiro atoms. The molecule has 0 aliphatic rings. The maximum absolute atomic E-state index is 11.6. The number of carbonyl (C=O) groups is 1. The third-order valence-corrected chi connectivity index (χ3v) is 2.95. The summed E-state index contributed by atoms with van der Waals surface area (Å²) in [6.45, 7) is -0.257. The number of carbonyl (C=O) groups excluding carboxylic acids is 1. The highest BCUT2D eigenvalue weighted by Crippen LogP contribution is 2.26. The van der Waals surface area contributed by atoms with E-state index in [2.05, 4.69) is 10.5 Å². The van der Waals surface area contributed by atoms with Gasteiger partial charge >= 0.3 is 0 Å². The first-order valence-corrected chi connectivity index (χ1v) is 6.66. The molecule has 0 aliphatic heterocycles. The van der Waals surface area contributed by atoms with Gasteiger partial charge < -0.3 is 14.9 Å². The highest BCUT2D eigenvalue weighted by atomic mass is 35.5. The third kappa shape index (κ3) is 4.13. The van der Waals surface area contributed by atoms with E-state index >= 15 is 0 Å². The SMILES string of the molecule is O=C(COc1ccccc1Cl)N/N=C/c1cccc(O)c1O. The van der Waals surface area contributed by atoms with Crippen LogP contribution in [-0.2, 0) is 4.79 Å². The van der Waals surface area contributed by atoms with E-state index in [0.717, 1.165) is 0 Å². The Bertz CT molecular complexity index is 704. The number of halogens is 1. The second-order valence-corrected chi connectivity index (χ2v) is 4.63. The van der Waals surface area contributed by atoms with Crippen LogP contribution in [0.5, 0.6) is 17.2 Å². The minimum absolute atomic E-state index is 0.257. The van der Waals surface area contributed by atoms with Crippen molar-refractivity contribution in [2.24, 2.45) is 5.10 Å². The van der Waals surface area contributed by atoms with Crippen molar-refractivity contribution in [2.45, 2.75) is 0 Å². The average molecular weight is 321 g/mol. The minimum atomic E-state index is -0.490. The van der Waals surface area contributed by atoms with Crippen molar-refractivity contribution < 1.29 is 19.7 Å². The fourth-order valence-corrected chi connectivity index (χ4v) is 1.75.